The fraction of sp³-hybridized carbons (Fsp3) is 0.600. The molecule has 0 amide bonds. The van der Waals surface area contributed by atoms with Crippen molar-refractivity contribution in [1.29, 1.82) is 0 Å². The van der Waals surface area contributed by atoms with Crippen LogP contribution in [0.1, 0.15) is 26.7 Å². The number of hydrogen-bond donors (Lipinski definition) is 0. The molecule has 100 valence electrons. The highest BCUT2D eigenvalue weighted by Gasteiger charge is 2.22. The van der Waals surface area contributed by atoms with Gasteiger partial charge in [0.25, 0.3) is 0 Å². The first-order valence-electron chi connectivity index (χ1n) is 6.99. The number of halogens is 1. The van der Waals surface area contributed by atoms with Crippen LogP contribution in [0, 0.1) is 5.82 Å². The zero-order chi connectivity index (χ0) is 13.0. The Kier molecular flexibility index (Phi) is 4.59. The second-order valence-electron chi connectivity index (χ2n) is 4.94. The summed E-state index contributed by atoms with van der Waals surface area (Å²) in [6, 6.07) is 7.77. The van der Waals surface area contributed by atoms with Gasteiger partial charge in [-0.2, -0.15) is 0 Å². The van der Waals surface area contributed by atoms with E-state index in [9.17, 15) is 4.39 Å². The second-order valence-corrected chi connectivity index (χ2v) is 4.94. The molecule has 18 heavy (non-hydrogen) atoms. The third kappa shape index (κ3) is 2.83. The zero-order valence-corrected chi connectivity index (χ0v) is 11.4. The van der Waals surface area contributed by atoms with Crippen LogP contribution in [-0.4, -0.2) is 37.1 Å². The molecule has 0 bridgehead atoms. The summed E-state index contributed by atoms with van der Waals surface area (Å²) in [5, 5.41) is 0. The molecule has 1 heterocycles. The Bertz CT molecular complexity index is 369. The van der Waals surface area contributed by atoms with Gasteiger partial charge in [0.2, 0.25) is 0 Å². The quantitative estimate of drug-likeness (QED) is 0.810. The van der Waals surface area contributed by atoms with E-state index in [-0.39, 0.29) is 5.82 Å². The number of rotatable bonds is 4. The van der Waals surface area contributed by atoms with Gasteiger partial charge in [-0.05, 0) is 25.0 Å². The first kappa shape index (κ1) is 13.3. The molecule has 0 atom stereocenters. The average molecular weight is 250 g/mol. The van der Waals surface area contributed by atoms with Gasteiger partial charge in [-0.15, -0.1) is 0 Å². The molecule has 0 N–H and O–H groups in total. The predicted molar refractivity (Wildman–Crippen MR) is 74.6 cm³/mol. The maximum absolute atomic E-state index is 13.7. The Hall–Kier alpha value is -1.09. The van der Waals surface area contributed by atoms with Gasteiger partial charge < -0.3 is 4.90 Å². The Morgan fingerprint density at radius 2 is 1.67 bits per heavy atom. The second kappa shape index (κ2) is 6.19. The van der Waals surface area contributed by atoms with Crippen molar-refractivity contribution in [3.8, 4) is 0 Å². The number of anilines is 1. The molecule has 0 aliphatic carbocycles. The van der Waals surface area contributed by atoms with Crippen LogP contribution in [0.3, 0.4) is 0 Å². The molecule has 2 nitrogen and oxygen atoms in total. The Morgan fingerprint density at radius 1 is 1.06 bits per heavy atom. The van der Waals surface area contributed by atoms with Crippen molar-refractivity contribution in [2.45, 2.75) is 32.7 Å². The van der Waals surface area contributed by atoms with E-state index in [1.54, 1.807) is 12.1 Å². The van der Waals surface area contributed by atoms with Gasteiger partial charge in [0.05, 0.1) is 5.69 Å². The molecule has 0 saturated carbocycles. The summed E-state index contributed by atoms with van der Waals surface area (Å²) in [6.45, 7) is 8.44. The lowest BCUT2D eigenvalue weighted by Gasteiger charge is -2.39. The molecule has 0 unspecified atom stereocenters. The van der Waals surface area contributed by atoms with Crippen LogP contribution in [-0.2, 0) is 0 Å². The van der Waals surface area contributed by atoms with Crippen molar-refractivity contribution in [1.82, 2.24) is 4.90 Å². The van der Waals surface area contributed by atoms with E-state index in [0.717, 1.165) is 31.9 Å². The van der Waals surface area contributed by atoms with E-state index in [1.165, 1.54) is 12.8 Å². The van der Waals surface area contributed by atoms with Crippen LogP contribution in [0.2, 0.25) is 0 Å². The summed E-state index contributed by atoms with van der Waals surface area (Å²) >= 11 is 0. The maximum Gasteiger partial charge on any atom is 0.146 e. The fourth-order valence-electron chi connectivity index (χ4n) is 2.84. The van der Waals surface area contributed by atoms with Crippen LogP contribution in [0.5, 0.6) is 0 Å². The summed E-state index contributed by atoms with van der Waals surface area (Å²) in [5.74, 6) is -0.103. The Morgan fingerprint density at radius 3 is 2.22 bits per heavy atom. The first-order valence-corrected chi connectivity index (χ1v) is 6.99. The first-order chi connectivity index (χ1) is 8.76. The molecular weight excluding hydrogens is 227 g/mol. The molecular formula is C15H23FN2. The van der Waals surface area contributed by atoms with Crippen molar-refractivity contribution in [2.75, 3.05) is 31.1 Å². The van der Waals surface area contributed by atoms with Crippen LogP contribution in [0.4, 0.5) is 10.1 Å². The smallest absolute Gasteiger partial charge is 0.146 e. The van der Waals surface area contributed by atoms with E-state index >= 15 is 0 Å². The summed E-state index contributed by atoms with van der Waals surface area (Å²) in [4.78, 5) is 4.70. The number of hydrogen-bond acceptors (Lipinski definition) is 2. The highest BCUT2D eigenvalue weighted by atomic mass is 19.1. The van der Waals surface area contributed by atoms with E-state index in [2.05, 4.69) is 23.6 Å². The number of piperazine rings is 1. The van der Waals surface area contributed by atoms with E-state index in [0.29, 0.717) is 6.04 Å². The van der Waals surface area contributed by atoms with Crippen molar-refractivity contribution >= 4 is 5.69 Å². The van der Waals surface area contributed by atoms with Crippen molar-refractivity contribution in [3.63, 3.8) is 0 Å². The van der Waals surface area contributed by atoms with Crippen molar-refractivity contribution in [2.24, 2.45) is 0 Å². The number of benzene rings is 1. The molecule has 3 heteroatoms. The summed E-state index contributed by atoms with van der Waals surface area (Å²) < 4.78 is 13.7. The van der Waals surface area contributed by atoms with Gasteiger partial charge in [-0.1, -0.05) is 26.0 Å². The molecule has 2 rings (SSSR count). The van der Waals surface area contributed by atoms with Crippen LogP contribution in [0.25, 0.3) is 0 Å². The van der Waals surface area contributed by atoms with E-state index in [4.69, 9.17) is 0 Å². The SMILES string of the molecule is CCC(CC)N1CCN(c2ccccc2F)CC1. The average Bonchev–Trinajstić information content (AvgIpc) is 2.42. The largest absolute Gasteiger partial charge is 0.367 e. The molecule has 1 aromatic carbocycles. The van der Waals surface area contributed by atoms with Gasteiger partial charge in [-0.25, -0.2) is 4.39 Å². The van der Waals surface area contributed by atoms with Crippen LogP contribution < -0.4 is 4.90 Å². The van der Waals surface area contributed by atoms with Crippen molar-refractivity contribution in [3.05, 3.63) is 30.1 Å². The topological polar surface area (TPSA) is 6.48 Å². The van der Waals surface area contributed by atoms with E-state index < -0.39 is 0 Å². The van der Waals surface area contributed by atoms with Crippen LogP contribution in [0.15, 0.2) is 24.3 Å². The lowest BCUT2D eigenvalue weighted by molar-refractivity contribution is 0.175. The molecule has 1 fully saturated rings. The van der Waals surface area contributed by atoms with E-state index in [1.807, 2.05) is 12.1 Å². The van der Waals surface area contributed by atoms with Gasteiger partial charge in [0.15, 0.2) is 0 Å². The lowest BCUT2D eigenvalue weighted by Crippen LogP contribution is -2.50. The van der Waals surface area contributed by atoms with Gasteiger partial charge in [0, 0.05) is 32.2 Å². The standard InChI is InChI=1S/C15H23FN2/c1-3-13(4-2)17-9-11-18(12-10-17)15-8-6-5-7-14(15)16/h5-8,13H,3-4,9-12H2,1-2H3. The Balaban J connectivity index is 1.96. The monoisotopic (exact) mass is 250 g/mol. The summed E-state index contributed by atoms with van der Waals surface area (Å²) in [6.07, 6.45) is 2.41. The lowest BCUT2D eigenvalue weighted by atomic mass is 10.1. The van der Waals surface area contributed by atoms with Crippen LogP contribution >= 0.6 is 0 Å². The number of nitrogens with zero attached hydrogens (tertiary/aromatic N) is 2. The van der Waals surface area contributed by atoms with Crippen molar-refractivity contribution < 1.29 is 4.39 Å². The molecule has 0 spiro atoms. The normalized spacial score (nSPS) is 17.4. The minimum absolute atomic E-state index is 0.103. The maximum atomic E-state index is 13.7. The third-order valence-electron chi connectivity index (χ3n) is 3.97. The molecule has 1 aliphatic heterocycles. The summed E-state index contributed by atoms with van der Waals surface area (Å²) in [7, 11) is 0. The molecule has 1 aromatic rings. The van der Waals surface area contributed by atoms with Gasteiger partial charge in [0.1, 0.15) is 5.82 Å². The fourth-order valence-corrected chi connectivity index (χ4v) is 2.84. The molecule has 0 aromatic heterocycles. The predicted octanol–water partition coefficient (Wildman–Crippen LogP) is 3.14. The van der Waals surface area contributed by atoms with Gasteiger partial charge in [-0.3, -0.25) is 4.90 Å². The summed E-state index contributed by atoms with van der Waals surface area (Å²) in [5.41, 5.74) is 0.752. The minimum atomic E-state index is -0.103. The van der Waals surface area contributed by atoms with Gasteiger partial charge >= 0.3 is 0 Å². The zero-order valence-electron chi connectivity index (χ0n) is 11.4. The molecule has 1 saturated heterocycles. The third-order valence-corrected chi connectivity index (χ3v) is 3.97. The molecule has 0 radical (unpaired) electrons. The minimum Gasteiger partial charge on any atom is -0.367 e. The highest BCUT2D eigenvalue weighted by Crippen LogP contribution is 2.21. The molecule has 1 aliphatic rings. The number of para-hydroxylation sites is 1. The highest BCUT2D eigenvalue weighted by molar-refractivity contribution is 5.47. The Labute approximate surface area is 109 Å².